The first-order valence-electron chi connectivity index (χ1n) is 9.53. The van der Waals surface area contributed by atoms with Crippen molar-refractivity contribution in [2.45, 2.75) is 25.9 Å². The molecule has 1 aromatic rings. The van der Waals surface area contributed by atoms with E-state index in [9.17, 15) is 4.79 Å². The zero-order chi connectivity index (χ0) is 18.9. The van der Waals surface area contributed by atoms with Crippen LogP contribution in [-0.2, 0) is 4.74 Å². The molecule has 2 unspecified atom stereocenters. The Balaban J connectivity index is 1.91. The van der Waals surface area contributed by atoms with E-state index in [0.29, 0.717) is 18.5 Å². The van der Waals surface area contributed by atoms with Crippen molar-refractivity contribution in [3.8, 4) is 0 Å². The first kappa shape index (κ1) is 20.7. The number of morpholine rings is 1. The van der Waals surface area contributed by atoms with Crippen molar-refractivity contribution >= 4 is 6.03 Å². The van der Waals surface area contributed by atoms with Gasteiger partial charge in [0.15, 0.2) is 0 Å². The summed E-state index contributed by atoms with van der Waals surface area (Å²) in [6, 6.07) is 10.3. The number of nitrogens with one attached hydrogen (secondary N) is 2. The molecule has 0 aliphatic carbocycles. The molecule has 1 aliphatic rings. The molecule has 0 bridgehead atoms. The van der Waals surface area contributed by atoms with Crippen molar-refractivity contribution in [3.05, 3.63) is 35.9 Å². The third-order valence-corrected chi connectivity index (χ3v) is 4.81. The normalized spacial score (nSPS) is 17.9. The second-order valence-corrected chi connectivity index (χ2v) is 7.54. The summed E-state index contributed by atoms with van der Waals surface area (Å²) in [5.41, 5.74) is 1.12. The number of carbonyl (C=O) groups is 1. The number of hydrogen-bond donors (Lipinski definition) is 2. The first-order valence-corrected chi connectivity index (χ1v) is 9.53. The molecule has 2 rings (SSSR count). The zero-order valence-corrected chi connectivity index (χ0v) is 16.6. The summed E-state index contributed by atoms with van der Waals surface area (Å²) >= 11 is 0. The van der Waals surface area contributed by atoms with E-state index < -0.39 is 0 Å². The van der Waals surface area contributed by atoms with Gasteiger partial charge in [0.25, 0.3) is 0 Å². The van der Waals surface area contributed by atoms with Crippen LogP contribution in [0.4, 0.5) is 4.79 Å². The number of carbonyl (C=O) groups excluding carboxylic acids is 1. The SMILES string of the molecule is CC(C)C(CNC(=O)NC(CN(C)C)c1ccccc1)N1CCOCC1. The van der Waals surface area contributed by atoms with Crippen LogP contribution in [0, 0.1) is 5.92 Å². The van der Waals surface area contributed by atoms with Crippen LogP contribution in [0.5, 0.6) is 0 Å². The zero-order valence-electron chi connectivity index (χ0n) is 16.6. The minimum Gasteiger partial charge on any atom is -0.379 e. The van der Waals surface area contributed by atoms with Gasteiger partial charge in [-0.05, 0) is 25.6 Å². The van der Waals surface area contributed by atoms with Crippen LogP contribution in [0.25, 0.3) is 0 Å². The van der Waals surface area contributed by atoms with E-state index in [-0.39, 0.29) is 12.1 Å². The van der Waals surface area contributed by atoms with Gasteiger partial charge >= 0.3 is 6.03 Å². The molecule has 0 aromatic heterocycles. The Bertz CT molecular complexity index is 530. The lowest BCUT2D eigenvalue weighted by atomic mass is 10.0. The minimum atomic E-state index is -0.111. The number of benzene rings is 1. The Labute approximate surface area is 157 Å². The highest BCUT2D eigenvalue weighted by atomic mass is 16.5. The molecule has 1 aliphatic heterocycles. The summed E-state index contributed by atoms with van der Waals surface area (Å²) in [6.45, 7) is 9.22. The number of urea groups is 1. The van der Waals surface area contributed by atoms with Crippen molar-refractivity contribution in [1.82, 2.24) is 20.4 Å². The number of nitrogens with zero attached hydrogens (tertiary/aromatic N) is 2. The van der Waals surface area contributed by atoms with Gasteiger partial charge in [-0.1, -0.05) is 44.2 Å². The molecule has 2 atom stereocenters. The monoisotopic (exact) mass is 362 g/mol. The fourth-order valence-corrected chi connectivity index (χ4v) is 3.39. The summed E-state index contributed by atoms with van der Waals surface area (Å²) in [7, 11) is 4.03. The fraction of sp³-hybridized carbons (Fsp3) is 0.650. The van der Waals surface area contributed by atoms with Crippen LogP contribution in [0.15, 0.2) is 30.3 Å². The van der Waals surface area contributed by atoms with Gasteiger partial charge in [0, 0.05) is 32.2 Å². The molecule has 1 fully saturated rings. The second kappa shape index (κ2) is 10.5. The molecule has 6 nitrogen and oxygen atoms in total. The molecular weight excluding hydrogens is 328 g/mol. The largest absolute Gasteiger partial charge is 0.379 e. The molecule has 146 valence electrons. The Morgan fingerprint density at radius 2 is 1.85 bits per heavy atom. The van der Waals surface area contributed by atoms with Crippen molar-refractivity contribution in [3.63, 3.8) is 0 Å². The predicted molar refractivity (Wildman–Crippen MR) is 105 cm³/mol. The van der Waals surface area contributed by atoms with Gasteiger partial charge in [-0.2, -0.15) is 0 Å². The number of rotatable bonds is 8. The minimum absolute atomic E-state index is 0.0351. The maximum Gasteiger partial charge on any atom is 0.315 e. The molecular formula is C20H34N4O2. The van der Waals surface area contributed by atoms with Gasteiger partial charge in [-0.25, -0.2) is 4.79 Å². The van der Waals surface area contributed by atoms with E-state index in [1.807, 2.05) is 32.3 Å². The van der Waals surface area contributed by atoms with E-state index in [1.165, 1.54) is 0 Å². The van der Waals surface area contributed by atoms with Gasteiger partial charge in [-0.15, -0.1) is 0 Å². The van der Waals surface area contributed by atoms with Gasteiger partial charge in [0.2, 0.25) is 0 Å². The van der Waals surface area contributed by atoms with Crippen LogP contribution in [0.1, 0.15) is 25.5 Å². The predicted octanol–water partition coefficient (Wildman–Crippen LogP) is 1.95. The van der Waals surface area contributed by atoms with Crippen molar-refractivity contribution < 1.29 is 9.53 Å². The van der Waals surface area contributed by atoms with Gasteiger partial charge in [-0.3, -0.25) is 4.90 Å². The number of amides is 2. The standard InChI is InChI=1S/C20H34N4O2/c1-16(2)19(24-10-12-26-13-11-24)14-21-20(25)22-18(15-23(3)4)17-8-6-5-7-9-17/h5-9,16,18-19H,10-15H2,1-4H3,(H2,21,22,25). The number of ether oxygens (including phenoxy) is 1. The molecule has 0 spiro atoms. The average Bonchev–Trinajstić information content (AvgIpc) is 2.62. The molecule has 2 amide bonds. The van der Waals surface area contributed by atoms with E-state index in [4.69, 9.17) is 4.74 Å². The quantitative estimate of drug-likeness (QED) is 0.742. The van der Waals surface area contributed by atoms with Gasteiger partial charge in [0.1, 0.15) is 0 Å². The van der Waals surface area contributed by atoms with E-state index >= 15 is 0 Å². The lowest BCUT2D eigenvalue weighted by Gasteiger charge is -2.37. The average molecular weight is 363 g/mol. The highest BCUT2D eigenvalue weighted by Gasteiger charge is 2.24. The Morgan fingerprint density at radius 1 is 1.19 bits per heavy atom. The molecule has 6 heteroatoms. The molecule has 0 radical (unpaired) electrons. The number of hydrogen-bond acceptors (Lipinski definition) is 4. The summed E-state index contributed by atoms with van der Waals surface area (Å²) in [4.78, 5) is 17.0. The fourth-order valence-electron chi connectivity index (χ4n) is 3.39. The van der Waals surface area contributed by atoms with E-state index in [1.54, 1.807) is 0 Å². The molecule has 1 aromatic carbocycles. The lowest BCUT2D eigenvalue weighted by Crippen LogP contribution is -2.52. The summed E-state index contributed by atoms with van der Waals surface area (Å²) < 4.78 is 5.45. The van der Waals surface area contributed by atoms with Crippen LogP contribution in [0.3, 0.4) is 0 Å². The highest BCUT2D eigenvalue weighted by Crippen LogP contribution is 2.14. The van der Waals surface area contributed by atoms with Crippen molar-refractivity contribution in [1.29, 1.82) is 0 Å². The molecule has 2 N–H and O–H groups in total. The maximum absolute atomic E-state index is 12.5. The van der Waals surface area contributed by atoms with Crippen molar-refractivity contribution in [2.24, 2.45) is 5.92 Å². The smallest absolute Gasteiger partial charge is 0.315 e. The van der Waals surface area contributed by atoms with Crippen LogP contribution in [0.2, 0.25) is 0 Å². The third kappa shape index (κ3) is 6.59. The molecule has 1 saturated heterocycles. The van der Waals surface area contributed by atoms with Crippen molar-refractivity contribution in [2.75, 3.05) is 53.5 Å². The summed E-state index contributed by atoms with van der Waals surface area (Å²) in [6.07, 6.45) is 0. The first-order chi connectivity index (χ1) is 12.5. The molecule has 0 saturated carbocycles. The van der Waals surface area contributed by atoms with E-state index in [2.05, 4.69) is 46.4 Å². The maximum atomic E-state index is 12.5. The third-order valence-electron chi connectivity index (χ3n) is 4.81. The highest BCUT2D eigenvalue weighted by molar-refractivity contribution is 5.74. The topological polar surface area (TPSA) is 56.8 Å². The Hall–Kier alpha value is -1.63. The van der Waals surface area contributed by atoms with E-state index in [0.717, 1.165) is 38.4 Å². The molecule has 1 heterocycles. The lowest BCUT2D eigenvalue weighted by molar-refractivity contribution is 0.00717. The number of likely N-dealkylation sites (N-methyl/N-ethyl adjacent to an activating group) is 1. The summed E-state index contributed by atoms with van der Waals surface area (Å²) in [5.74, 6) is 0.472. The van der Waals surface area contributed by atoms with Gasteiger partial charge in [0.05, 0.1) is 19.3 Å². The van der Waals surface area contributed by atoms with Gasteiger partial charge < -0.3 is 20.3 Å². The van der Waals surface area contributed by atoms with Crippen LogP contribution >= 0.6 is 0 Å². The van der Waals surface area contributed by atoms with Crippen LogP contribution in [-0.4, -0.2) is 75.4 Å². The summed E-state index contributed by atoms with van der Waals surface area (Å²) in [5, 5.41) is 6.21. The molecule has 26 heavy (non-hydrogen) atoms. The Morgan fingerprint density at radius 3 is 2.42 bits per heavy atom. The van der Waals surface area contributed by atoms with Crippen LogP contribution < -0.4 is 10.6 Å². The second-order valence-electron chi connectivity index (χ2n) is 7.54. The Kier molecular flexibility index (Phi) is 8.35.